The smallest absolute Gasteiger partial charge is 0.403 e. The van der Waals surface area contributed by atoms with Gasteiger partial charge in [-0.15, -0.1) is 13.2 Å². The van der Waals surface area contributed by atoms with E-state index in [1.165, 1.54) is 0 Å². The Morgan fingerprint density at radius 3 is 2.31 bits per heavy atom. The van der Waals surface area contributed by atoms with Crippen LogP contribution in [0.3, 0.4) is 0 Å². The normalized spacial score (nSPS) is 12.6. The number of sulfonamides is 1. The molecule has 0 heterocycles. The van der Waals surface area contributed by atoms with E-state index in [1.807, 2.05) is 0 Å². The van der Waals surface area contributed by atoms with Crippen LogP contribution in [0.15, 0.2) is 23.1 Å². The molecule has 0 aliphatic carbocycles. The van der Waals surface area contributed by atoms with Crippen molar-refractivity contribution in [1.29, 1.82) is 0 Å². The molecule has 0 spiro atoms. The summed E-state index contributed by atoms with van der Waals surface area (Å²) in [5, 5.41) is 4.22. The molecule has 0 saturated carbocycles. The van der Waals surface area contributed by atoms with E-state index >= 15 is 0 Å². The molecule has 0 aromatic heterocycles. The molecule has 90 valence electrons. The largest absolute Gasteiger partial charge is 0.573 e. The number of alkyl halides is 3. The van der Waals surface area contributed by atoms with Gasteiger partial charge in [-0.1, -0.05) is 17.7 Å². The number of hydrogen-bond acceptors (Lipinski definition) is 3. The minimum absolute atomic E-state index is 0.496. The Kier molecular flexibility index (Phi) is 3.36. The molecule has 2 N–H and O–H groups in total. The number of para-hydroxylation sites is 1. The zero-order valence-electron chi connectivity index (χ0n) is 7.45. The fourth-order valence-corrected chi connectivity index (χ4v) is 1.88. The molecule has 4 nitrogen and oxygen atoms in total. The molecule has 0 aliphatic rings. The van der Waals surface area contributed by atoms with Crippen molar-refractivity contribution in [1.82, 2.24) is 0 Å². The Bertz CT molecular complexity index is 500. The first-order valence-corrected chi connectivity index (χ1v) is 5.61. The fourth-order valence-electron chi connectivity index (χ4n) is 0.928. The average Bonchev–Trinajstić information content (AvgIpc) is 2.04. The quantitative estimate of drug-likeness (QED) is 0.896. The zero-order valence-corrected chi connectivity index (χ0v) is 9.03. The van der Waals surface area contributed by atoms with Crippen molar-refractivity contribution >= 4 is 21.6 Å². The number of benzene rings is 1. The van der Waals surface area contributed by atoms with Crippen LogP contribution in [0.5, 0.6) is 5.75 Å². The van der Waals surface area contributed by atoms with Crippen LogP contribution in [-0.2, 0) is 10.0 Å². The second-order valence-corrected chi connectivity index (χ2v) is 4.60. The zero-order chi connectivity index (χ0) is 12.6. The van der Waals surface area contributed by atoms with Gasteiger partial charge >= 0.3 is 6.36 Å². The van der Waals surface area contributed by atoms with Gasteiger partial charge < -0.3 is 4.74 Å². The van der Waals surface area contributed by atoms with Gasteiger partial charge in [0.1, 0.15) is 4.90 Å². The molecule has 0 unspecified atom stereocenters. The summed E-state index contributed by atoms with van der Waals surface area (Å²) in [5.74, 6) is -1.03. The Labute approximate surface area is 93.8 Å². The number of halogens is 4. The van der Waals surface area contributed by atoms with Gasteiger partial charge in [0.05, 0.1) is 5.02 Å². The van der Waals surface area contributed by atoms with E-state index in [1.54, 1.807) is 0 Å². The maximum atomic E-state index is 12.0. The molecule has 1 aromatic rings. The first kappa shape index (κ1) is 13.1. The van der Waals surface area contributed by atoms with Crippen LogP contribution in [-0.4, -0.2) is 14.8 Å². The number of nitrogens with two attached hydrogens (primary N) is 1. The number of rotatable bonds is 2. The predicted molar refractivity (Wildman–Crippen MR) is 49.5 cm³/mol. The van der Waals surface area contributed by atoms with Crippen LogP contribution >= 0.6 is 11.6 Å². The lowest BCUT2D eigenvalue weighted by molar-refractivity contribution is -0.275. The molecule has 0 radical (unpaired) electrons. The van der Waals surface area contributed by atoms with E-state index in [0.29, 0.717) is 0 Å². The third-order valence-corrected chi connectivity index (χ3v) is 2.69. The molecule has 0 bridgehead atoms. The summed E-state index contributed by atoms with van der Waals surface area (Å²) in [4.78, 5) is -0.822. The van der Waals surface area contributed by atoms with Crippen molar-refractivity contribution < 1.29 is 26.3 Å². The molecule has 0 fully saturated rings. The third-order valence-electron chi connectivity index (χ3n) is 1.46. The number of primary sulfonamides is 1. The highest BCUT2D eigenvalue weighted by Crippen LogP contribution is 2.35. The predicted octanol–water partition coefficient (Wildman–Crippen LogP) is 1.89. The molecular weight excluding hydrogens is 271 g/mol. The van der Waals surface area contributed by atoms with Gasteiger partial charge in [0, 0.05) is 0 Å². The highest BCUT2D eigenvalue weighted by Gasteiger charge is 2.34. The van der Waals surface area contributed by atoms with Gasteiger partial charge in [-0.2, -0.15) is 0 Å². The van der Waals surface area contributed by atoms with E-state index < -0.39 is 32.1 Å². The van der Waals surface area contributed by atoms with Crippen LogP contribution in [0.25, 0.3) is 0 Å². The maximum absolute atomic E-state index is 12.0. The molecule has 1 aromatic carbocycles. The van der Waals surface area contributed by atoms with Crippen molar-refractivity contribution in [3.63, 3.8) is 0 Å². The minimum atomic E-state index is -5.05. The molecule has 0 saturated heterocycles. The van der Waals surface area contributed by atoms with E-state index in [0.717, 1.165) is 18.2 Å². The lowest BCUT2D eigenvalue weighted by atomic mass is 10.3. The van der Waals surface area contributed by atoms with Gasteiger partial charge in [-0.25, -0.2) is 13.6 Å². The van der Waals surface area contributed by atoms with Crippen LogP contribution < -0.4 is 9.88 Å². The Hall–Kier alpha value is -0.990. The monoisotopic (exact) mass is 275 g/mol. The molecular formula is C7H5ClF3NO3S. The van der Waals surface area contributed by atoms with Crippen LogP contribution in [0.4, 0.5) is 13.2 Å². The van der Waals surface area contributed by atoms with Crippen molar-refractivity contribution in [2.45, 2.75) is 11.3 Å². The van der Waals surface area contributed by atoms with Crippen molar-refractivity contribution in [2.24, 2.45) is 5.14 Å². The average molecular weight is 276 g/mol. The van der Waals surface area contributed by atoms with Crippen molar-refractivity contribution in [3.05, 3.63) is 23.2 Å². The number of hydrogen-bond donors (Lipinski definition) is 1. The van der Waals surface area contributed by atoms with Crippen molar-refractivity contribution in [3.8, 4) is 5.75 Å². The van der Waals surface area contributed by atoms with Crippen LogP contribution in [0.2, 0.25) is 5.02 Å². The summed E-state index contributed by atoms with van der Waals surface area (Å²) in [5.41, 5.74) is 0. The summed E-state index contributed by atoms with van der Waals surface area (Å²) < 4.78 is 61.3. The van der Waals surface area contributed by atoms with Gasteiger partial charge in [-0.05, 0) is 12.1 Å². The first-order chi connectivity index (χ1) is 7.11. The molecule has 0 atom stereocenters. The Balaban J connectivity index is 3.36. The summed E-state index contributed by atoms with van der Waals surface area (Å²) in [6.07, 6.45) is -5.05. The summed E-state index contributed by atoms with van der Waals surface area (Å²) in [7, 11) is -4.34. The highest BCUT2D eigenvalue weighted by atomic mass is 35.5. The van der Waals surface area contributed by atoms with Gasteiger partial charge in [0.2, 0.25) is 10.0 Å². The van der Waals surface area contributed by atoms with Gasteiger partial charge in [0.25, 0.3) is 0 Å². The molecule has 9 heteroatoms. The lowest BCUT2D eigenvalue weighted by Gasteiger charge is -2.13. The summed E-state index contributed by atoms with van der Waals surface area (Å²) in [6, 6.07) is 3.06. The summed E-state index contributed by atoms with van der Waals surface area (Å²) in [6.45, 7) is 0. The molecule has 0 amide bonds. The maximum Gasteiger partial charge on any atom is 0.573 e. The van der Waals surface area contributed by atoms with E-state index in [-0.39, 0.29) is 0 Å². The van der Waals surface area contributed by atoms with Gasteiger partial charge in [-0.3, -0.25) is 0 Å². The van der Waals surface area contributed by atoms with E-state index in [4.69, 9.17) is 16.7 Å². The van der Waals surface area contributed by atoms with Gasteiger partial charge in [0.15, 0.2) is 5.75 Å². The van der Waals surface area contributed by atoms with E-state index in [2.05, 4.69) is 4.74 Å². The molecule has 0 aliphatic heterocycles. The third kappa shape index (κ3) is 3.26. The second kappa shape index (κ2) is 4.11. The van der Waals surface area contributed by atoms with Crippen molar-refractivity contribution in [2.75, 3.05) is 0 Å². The van der Waals surface area contributed by atoms with E-state index in [9.17, 15) is 21.6 Å². The SMILES string of the molecule is NS(=O)(=O)c1cccc(Cl)c1OC(F)(F)F. The number of ether oxygens (including phenoxy) is 1. The second-order valence-electron chi connectivity index (χ2n) is 2.66. The Morgan fingerprint density at radius 2 is 1.88 bits per heavy atom. The minimum Gasteiger partial charge on any atom is -0.403 e. The van der Waals surface area contributed by atoms with Crippen LogP contribution in [0, 0.1) is 0 Å². The molecule has 16 heavy (non-hydrogen) atoms. The summed E-state index contributed by atoms with van der Waals surface area (Å²) >= 11 is 5.40. The highest BCUT2D eigenvalue weighted by molar-refractivity contribution is 7.89. The standard InChI is InChI=1S/C7H5ClF3NO3S/c8-4-2-1-3-5(16(12,13)14)6(4)15-7(9,10)11/h1-3H,(H2,12,13,14). The lowest BCUT2D eigenvalue weighted by Crippen LogP contribution is -2.21. The molecule has 1 rings (SSSR count). The van der Waals surface area contributed by atoms with Crippen LogP contribution in [0.1, 0.15) is 0 Å². The topological polar surface area (TPSA) is 69.4 Å². The fraction of sp³-hybridized carbons (Fsp3) is 0.143. The first-order valence-electron chi connectivity index (χ1n) is 3.68. The Morgan fingerprint density at radius 1 is 1.31 bits per heavy atom.